The molecule has 1 atom stereocenters. The largest absolute Gasteiger partial charge is 0.309 e. The Morgan fingerprint density at radius 3 is 2.59 bits per heavy atom. The Kier molecular flexibility index (Phi) is 3.38. The quantitative estimate of drug-likeness (QED) is 0.853. The average molecular weight is 240 g/mol. The van der Waals surface area contributed by atoms with E-state index in [0.29, 0.717) is 13.0 Å². The second-order valence-corrected chi connectivity index (χ2v) is 4.04. The standard InChI is InChI=1S/C12H14F2N2O/c1-15-10-6-3-7-16(12(10)17)11-8(13)4-2-5-9(11)14/h2,4-5,10,15H,3,6-7H2,1H3. The zero-order chi connectivity index (χ0) is 12.4. The van der Waals surface area contributed by atoms with Gasteiger partial charge < -0.3 is 10.2 Å². The Labute approximate surface area is 98.4 Å². The number of nitrogens with zero attached hydrogens (tertiary/aromatic N) is 1. The Morgan fingerprint density at radius 2 is 2.00 bits per heavy atom. The molecule has 0 saturated carbocycles. The molecule has 92 valence electrons. The fourth-order valence-electron chi connectivity index (χ4n) is 2.11. The number of rotatable bonds is 2. The fourth-order valence-corrected chi connectivity index (χ4v) is 2.11. The minimum atomic E-state index is -0.699. The Balaban J connectivity index is 2.36. The van der Waals surface area contributed by atoms with Crippen LogP contribution in [-0.4, -0.2) is 25.5 Å². The molecule has 1 N–H and O–H groups in total. The third-order valence-electron chi connectivity index (χ3n) is 2.99. The maximum Gasteiger partial charge on any atom is 0.244 e. The predicted molar refractivity (Wildman–Crippen MR) is 60.8 cm³/mol. The fraction of sp³-hybridized carbons (Fsp3) is 0.417. The summed E-state index contributed by atoms with van der Waals surface area (Å²) >= 11 is 0. The molecule has 17 heavy (non-hydrogen) atoms. The zero-order valence-corrected chi connectivity index (χ0v) is 9.54. The number of para-hydroxylation sites is 1. The molecule has 1 unspecified atom stereocenters. The number of amides is 1. The van der Waals surface area contributed by atoms with E-state index in [-0.39, 0.29) is 17.6 Å². The minimum absolute atomic E-state index is 0.238. The summed E-state index contributed by atoms with van der Waals surface area (Å²) in [5, 5.41) is 2.86. The predicted octanol–water partition coefficient (Wildman–Crippen LogP) is 1.68. The molecule has 1 heterocycles. The third kappa shape index (κ3) is 2.15. The summed E-state index contributed by atoms with van der Waals surface area (Å²) in [5.41, 5.74) is -0.238. The number of halogens is 2. The Morgan fingerprint density at radius 1 is 1.35 bits per heavy atom. The highest BCUT2D eigenvalue weighted by molar-refractivity contribution is 5.98. The maximum atomic E-state index is 13.6. The summed E-state index contributed by atoms with van der Waals surface area (Å²) in [5.74, 6) is -1.67. The van der Waals surface area contributed by atoms with E-state index in [2.05, 4.69) is 5.32 Å². The molecule has 0 radical (unpaired) electrons. The molecule has 5 heteroatoms. The highest BCUT2D eigenvalue weighted by Gasteiger charge is 2.31. The molecule has 1 aliphatic rings. The van der Waals surface area contributed by atoms with Crippen molar-refractivity contribution in [2.45, 2.75) is 18.9 Å². The van der Waals surface area contributed by atoms with Crippen LogP contribution in [0, 0.1) is 11.6 Å². The van der Waals surface area contributed by atoms with Crippen LogP contribution in [0.25, 0.3) is 0 Å². The lowest BCUT2D eigenvalue weighted by Gasteiger charge is -2.32. The van der Waals surface area contributed by atoms with E-state index in [1.807, 2.05) is 0 Å². The van der Waals surface area contributed by atoms with Crippen molar-refractivity contribution in [3.8, 4) is 0 Å². The van der Waals surface area contributed by atoms with Crippen molar-refractivity contribution in [1.29, 1.82) is 0 Å². The highest BCUT2D eigenvalue weighted by Crippen LogP contribution is 2.26. The van der Waals surface area contributed by atoms with Crippen molar-refractivity contribution < 1.29 is 13.6 Å². The number of carbonyl (C=O) groups is 1. The van der Waals surface area contributed by atoms with Gasteiger partial charge in [-0.2, -0.15) is 0 Å². The van der Waals surface area contributed by atoms with Crippen LogP contribution in [0.4, 0.5) is 14.5 Å². The lowest BCUT2D eigenvalue weighted by atomic mass is 10.0. The Bertz CT molecular complexity index is 416. The van der Waals surface area contributed by atoms with Gasteiger partial charge in [0.15, 0.2) is 0 Å². The highest BCUT2D eigenvalue weighted by atomic mass is 19.1. The van der Waals surface area contributed by atoms with Crippen molar-refractivity contribution in [2.24, 2.45) is 0 Å². The van der Waals surface area contributed by atoms with Crippen LogP contribution >= 0.6 is 0 Å². The van der Waals surface area contributed by atoms with Crippen LogP contribution in [0.3, 0.4) is 0 Å². The molecular weight excluding hydrogens is 226 g/mol. The molecule has 0 aliphatic carbocycles. The van der Waals surface area contributed by atoms with Gasteiger partial charge in [0.2, 0.25) is 5.91 Å². The number of likely N-dealkylation sites (N-methyl/N-ethyl adjacent to an activating group) is 1. The summed E-state index contributed by atoms with van der Waals surface area (Å²) in [6.07, 6.45) is 1.42. The molecule has 3 nitrogen and oxygen atoms in total. The van der Waals surface area contributed by atoms with Gasteiger partial charge in [0.1, 0.15) is 17.3 Å². The van der Waals surface area contributed by atoms with E-state index in [9.17, 15) is 13.6 Å². The first kappa shape index (κ1) is 12.0. The number of carbonyl (C=O) groups excluding carboxylic acids is 1. The van der Waals surface area contributed by atoms with Crippen LogP contribution in [0.5, 0.6) is 0 Å². The monoisotopic (exact) mass is 240 g/mol. The van der Waals surface area contributed by atoms with Gasteiger partial charge in [-0.15, -0.1) is 0 Å². The van der Waals surface area contributed by atoms with Crippen molar-refractivity contribution in [1.82, 2.24) is 5.32 Å². The van der Waals surface area contributed by atoms with E-state index in [1.54, 1.807) is 7.05 Å². The van der Waals surface area contributed by atoms with Crippen molar-refractivity contribution in [3.05, 3.63) is 29.8 Å². The number of hydrogen-bond acceptors (Lipinski definition) is 2. The normalized spacial score (nSPS) is 20.8. The van der Waals surface area contributed by atoms with Crippen molar-refractivity contribution in [2.75, 3.05) is 18.5 Å². The molecule has 0 bridgehead atoms. The SMILES string of the molecule is CNC1CCCN(c2c(F)cccc2F)C1=O. The zero-order valence-electron chi connectivity index (χ0n) is 9.54. The number of anilines is 1. The van der Waals surface area contributed by atoms with E-state index in [4.69, 9.17) is 0 Å². The number of piperidine rings is 1. The molecule has 1 fully saturated rings. The average Bonchev–Trinajstić information content (AvgIpc) is 2.31. The van der Waals surface area contributed by atoms with Crippen LogP contribution in [0.2, 0.25) is 0 Å². The molecule has 0 aromatic heterocycles. The van der Waals surface area contributed by atoms with Crippen LogP contribution in [0.15, 0.2) is 18.2 Å². The first-order chi connectivity index (χ1) is 8.15. The van der Waals surface area contributed by atoms with Crippen LogP contribution in [0.1, 0.15) is 12.8 Å². The molecule has 1 amide bonds. The van der Waals surface area contributed by atoms with Gasteiger partial charge in [0.05, 0.1) is 6.04 Å². The maximum absolute atomic E-state index is 13.6. The molecule has 1 saturated heterocycles. The summed E-state index contributed by atoms with van der Waals surface area (Å²) in [6, 6.07) is 3.25. The van der Waals surface area contributed by atoms with Gasteiger partial charge >= 0.3 is 0 Å². The first-order valence-electron chi connectivity index (χ1n) is 5.58. The summed E-state index contributed by atoms with van der Waals surface area (Å²) in [7, 11) is 1.67. The van der Waals surface area contributed by atoms with Crippen LogP contribution < -0.4 is 10.2 Å². The van der Waals surface area contributed by atoms with E-state index in [0.717, 1.165) is 18.6 Å². The van der Waals surface area contributed by atoms with Gasteiger partial charge in [0, 0.05) is 6.54 Å². The minimum Gasteiger partial charge on any atom is -0.309 e. The molecule has 0 spiro atoms. The van der Waals surface area contributed by atoms with Crippen molar-refractivity contribution >= 4 is 11.6 Å². The lowest BCUT2D eigenvalue weighted by Crippen LogP contribution is -2.50. The van der Waals surface area contributed by atoms with Crippen LogP contribution in [-0.2, 0) is 4.79 Å². The molecule has 1 aliphatic heterocycles. The van der Waals surface area contributed by atoms with Crippen molar-refractivity contribution in [3.63, 3.8) is 0 Å². The second-order valence-electron chi connectivity index (χ2n) is 4.04. The first-order valence-corrected chi connectivity index (χ1v) is 5.58. The topological polar surface area (TPSA) is 32.3 Å². The number of nitrogens with one attached hydrogen (secondary N) is 1. The number of benzene rings is 1. The van der Waals surface area contributed by atoms with Gasteiger partial charge in [-0.1, -0.05) is 6.07 Å². The number of hydrogen-bond donors (Lipinski definition) is 1. The van der Waals surface area contributed by atoms with Gasteiger partial charge in [-0.25, -0.2) is 8.78 Å². The molecule has 1 aromatic carbocycles. The summed E-state index contributed by atoms with van der Waals surface area (Å²) in [6.45, 7) is 0.356. The van der Waals surface area contributed by atoms with E-state index >= 15 is 0 Å². The third-order valence-corrected chi connectivity index (χ3v) is 2.99. The van der Waals surface area contributed by atoms with E-state index in [1.165, 1.54) is 11.0 Å². The van der Waals surface area contributed by atoms with E-state index < -0.39 is 11.6 Å². The molecule has 1 aromatic rings. The smallest absolute Gasteiger partial charge is 0.244 e. The van der Waals surface area contributed by atoms with Gasteiger partial charge in [-0.05, 0) is 32.0 Å². The molecule has 2 rings (SSSR count). The summed E-state index contributed by atoms with van der Waals surface area (Å²) in [4.78, 5) is 13.2. The van der Waals surface area contributed by atoms with Gasteiger partial charge in [0.25, 0.3) is 0 Å². The van der Waals surface area contributed by atoms with Gasteiger partial charge in [-0.3, -0.25) is 4.79 Å². The second kappa shape index (κ2) is 4.79. The molecular formula is C12H14F2N2O. The Hall–Kier alpha value is -1.49. The summed E-state index contributed by atoms with van der Waals surface area (Å²) < 4.78 is 27.2. The lowest BCUT2D eigenvalue weighted by molar-refractivity contribution is -0.121.